The topological polar surface area (TPSA) is 89.4 Å². The van der Waals surface area contributed by atoms with E-state index >= 15 is 0 Å². The maximum absolute atomic E-state index is 12.8. The van der Waals surface area contributed by atoms with E-state index in [9.17, 15) is 4.79 Å². The van der Waals surface area contributed by atoms with Crippen molar-refractivity contribution >= 4 is 16.8 Å². The second-order valence-electron chi connectivity index (χ2n) is 9.57. The number of fused-ring (bicyclic) bond motifs is 1. The second-order valence-corrected chi connectivity index (χ2v) is 9.57. The van der Waals surface area contributed by atoms with Gasteiger partial charge >= 0.3 is 0 Å². The first kappa shape index (κ1) is 26.1. The molecule has 0 spiro atoms. The summed E-state index contributed by atoms with van der Waals surface area (Å²) in [5.74, 6) is 1.28. The van der Waals surface area contributed by atoms with Crippen LogP contribution in [0.5, 0.6) is 11.5 Å². The molecule has 0 aliphatic rings. The molecule has 39 heavy (non-hydrogen) atoms. The third-order valence-electron chi connectivity index (χ3n) is 6.60. The number of para-hydroxylation sites is 1. The molecule has 0 unspecified atom stereocenters. The van der Waals surface area contributed by atoms with Crippen molar-refractivity contribution in [2.75, 3.05) is 6.54 Å². The molecule has 4 N–H and O–H groups in total. The molecule has 6 heteroatoms. The molecule has 4 aromatic carbocycles. The molecule has 0 saturated heterocycles. The maximum Gasteiger partial charge on any atom is 0.237 e. The van der Waals surface area contributed by atoms with Gasteiger partial charge in [-0.25, -0.2) is 0 Å². The molecule has 0 radical (unpaired) electrons. The van der Waals surface area contributed by atoms with Crippen LogP contribution in [-0.2, 0) is 30.8 Å². The van der Waals surface area contributed by atoms with Gasteiger partial charge in [-0.2, -0.15) is 0 Å². The number of carbonyl (C=O) groups excluding carboxylic acids is 1. The minimum atomic E-state index is -0.630. The lowest BCUT2D eigenvalue weighted by molar-refractivity contribution is -0.122. The largest absolute Gasteiger partial charge is 0.489 e. The third-order valence-corrected chi connectivity index (χ3v) is 6.60. The van der Waals surface area contributed by atoms with Gasteiger partial charge < -0.3 is 25.5 Å². The summed E-state index contributed by atoms with van der Waals surface area (Å²) in [6.07, 6.45) is 3.02. The molecular weight excluding hydrogens is 486 g/mol. The first-order chi connectivity index (χ1) is 19.1. The van der Waals surface area contributed by atoms with Gasteiger partial charge in [-0.1, -0.05) is 78.9 Å². The highest BCUT2D eigenvalue weighted by molar-refractivity contribution is 5.86. The summed E-state index contributed by atoms with van der Waals surface area (Å²) in [5, 5.41) is 4.08. The van der Waals surface area contributed by atoms with E-state index in [-0.39, 0.29) is 5.91 Å². The van der Waals surface area contributed by atoms with Gasteiger partial charge in [0.05, 0.1) is 6.04 Å². The van der Waals surface area contributed by atoms with Crippen molar-refractivity contribution in [3.8, 4) is 11.5 Å². The number of nitrogens with one attached hydrogen (secondary N) is 2. The van der Waals surface area contributed by atoms with Crippen molar-refractivity contribution in [3.63, 3.8) is 0 Å². The molecule has 6 nitrogen and oxygen atoms in total. The zero-order valence-corrected chi connectivity index (χ0v) is 21.8. The summed E-state index contributed by atoms with van der Waals surface area (Å²) in [6.45, 7) is 1.38. The summed E-state index contributed by atoms with van der Waals surface area (Å²) >= 11 is 0. The van der Waals surface area contributed by atoms with Crippen molar-refractivity contribution in [3.05, 3.63) is 132 Å². The molecular formula is C33H33N3O3. The Morgan fingerprint density at radius 1 is 0.769 bits per heavy atom. The Hall–Kier alpha value is -4.55. The van der Waals surface area contributed by atoms with Crippen molar-refractivity contribution < 1.29 is 14.3 Å². The van der Waals surface area contributed by atoms with E-state index in [1.54, 1.807) is 0 Å². The van der Waals surface area contributed by atoms with Gasteiger partial charge in [-0.3, -0.25) is 4.79 Å². The van der Waals surface area contributed by atoms with Crippen LogP contribution in [0.25, 0.3) is 10.9 Å². The monoisotopic (exact) mass is 519 g/mol. The first-order valence-corrected chi connectivity index (χ1v) is 13.2. The van der Waals surface area contributed by atoms with Crippen molar-refractivity contribution in [2.24, 2.45) is 5.73 Å². The quantitative estimate of drug-likeness (QED) is 0.202. The molecule has 1 heterocycles. The Bertz CT molecular complexity index is 1440. The molecule has 0 saturated carbocycles. The van der Waals surface area contributed by atoms with Gasteiger partial charge in [0.15, 0.2) is 0 Å². The molecule has 1 amide bonds. The lowest BCUT2D eigenvalue weighted by Crippen LogP contribution is -2.42. The van der Waals surface area contributed by atoms with E-state index < -0.39 is 6.04 Å². The van der Waals surface area contributed by atoms with Gasteiger partial charge in [-0.05, 0) is 53.3 Å². The highest BCUT2D eigenvalue weighted by atomic mass is 16.5. The van der Waals surface area contributed by atoms with E-state index in [0.29, 0.717) is 32.6 Å². The van der Waals surface area contributed by atoms with Gasteiger partial charge in [-0.15, -0.1) is 0 Å². The molecule has 0 aliphatic heterocycles. The number of carbonyl (C=O) groups is 1. The van der Waals surface area contributed by atoms with Crippen molar-refractivity contribution in [1.82, 2.24) is 10.3 Å². The molecule has 5 aromatic rings. The fourth-order valence-corrected chi connectivity index (χ4v) is 4.51. The second kappa shape index (κ2) is 12.8. The third kappa shape index (κ3) is 7.27. The number of aromatic amines is 1. The highest BCUT2D eigenvalue weighted by Gasteiger charge is 2.16. The number of amides is 1. The van der Waals surface area contributed by atoms with Crippen LogP contribution < -0.4 is 20.5 Å². The smallest absolute Gasteiger partial charge is 0.237 e. The van der Waals surface area contributed by atoms with Crippen LogP contribution >= 0.6 is 0 Å². The number of benzene rings is 4. The lowest BCUT2D eigenvalue weighted by atomic mass is 10.0. The number of ether oxygens (including phenoxy) is 2. The average Bonchev–Trinajstić information content (AvgIpc) is 3.38. The van der Waals surface area contributed by atoms with Crippen molar-refractivity contribution in [1.29, 1.82) is 0 Å². The van der Waals surface area contributed by atoms with Gasteiger partial charge in [0, 0.05) is 29.7 Å². The van der Waals surface area contributed by atoms with E-state index in [0.717, 1.165) is 44.7 Å². The molecule has 5 rings (SSSR count). The Morgan fingerprint density at radius 2 is 1.36 bits per heavy atom. The lowest BCUT2D eigenvalue weighted by Gasteiger charge is -2.14. The van der Waals surface area contributed by atoms with E-state index in [1.807, 2.05) is 109 Å². The van der Waals surface area contributed by atoms with E-state index in [2.05, 4.69) is 10.3 Å². The number of hydrogen-bond donors (Lipinski definition) is 3. The van der Waals surface area contributed by atoms with Crippen LogP contribution in [0.2, 0.25) is 0 Å². The number of nitrogens with two attached hydrogens (primary N) is 1. The predicted molar refractivity (Wildman–Crippen MR) is 155 cm³/mol. The van der Waals surface area contributed by atoms with Crippen LogP contribution in [0.4, 0.5) is 0 Å². The standard InChI is InChI=1S/C33H33N3O3/c34-31(19-27-21-36-32-14-8-7-13-30(27)32)33(37)35-16-15-26-17-28(38-22-24-9-3-1-4-10-24)20-29(18-26)39-23-25-11-5-2-6-12-25/h1-14,17-18,20-21,31,36H,15-16,19,22-23,34H2,(H,35,37)/t31-/m0/s1. The molecule has 198 valence electrons. The minimum absolute atomic E-state index is 0.169. The summed E-state index contributed by atoms with van der Waals surface area (Å²) in [6, 6.07) is 33.4. The molecule has 0 fully saturated rings. The molecule has 0 bridgehead atoms. The maximum atomic E-state index is 12.8. The van der Waals surface area contributed by atoms with Crippen LogP contribution in [-0.4, -0.2) is 23.5 Å². The Morgan fingerprint density at radius 3 is 2.00 bits per heavy atom. The van der Waals surface area contributed by atoms with Crippen molar-refractivity contribution in [2.45, 2.75) is 32.1 Å². The number of H-pyrrole nitrogens is 1. The average molecular weight is 520 g/mol. The van der Waals surface area contributed by atoms with Crippen LogP contribution in [0, 0.1) is 0 Å². The molecule has 1 atom stereocenters. The predicted octanol–water partition coefficient (Wildman–Crippen LogP) is 5.55. The zero-order valence-electron chi connectivity index (χ0n) is 21.8. The number of aromatic nitrogens is 1. The fourth-order valence-electron chi connectivity index (χ4n) is 4.51. The van der Waals surface area contributed by atoms with E-state index in [4.69, 9.17) is 15.2 Å². The SMILES string of the molecule is N[C@@H](Cc1c[nH]c2ccccc12)C(=O)NCCc1cc(OCc2ccccc2)cc(OCc2ccccc2)c1. The Kier molecular flexibility index (Phi) is 8.56. The van der Waals surface area contributed by atoms with Gasteiger partial charge in [0.25, 0.3) is 0 Å². The summed E-state index contributed by atoms with van der Waals surface area (Å²) in [7, 11) is 0. The van der Waals surface area contributed by atoms with Crippen LogP contribution in [0.3, 0.4) is 0 Å². The molecule has 1 aromatic heterocycles. The first-order valence-electron chi connectivity index (χ1n) is 13.2. The minimum Gasteiger partial charge on any atom is -0.489 e. The highest BCUT2D eigenvalue weighted by Crippen LogP contribution is 2.25. The van der Waals surface area contributed by atoms with Crippen LogP contribution in [0.1, 0.15) is 22.3 Å². The van der Waals surface area contributed by atoms with Gasteiger partial charge in [0.2, 0.25) is 5.91 Å². The van der Waals surface area contributed by atoms with Crippen LogP contribution in [0.15, 0.2) is 109 Å². The Balaban J connectivity index is 1.20. The normalized spacial score (nSPS) is 11.7. The van der Waals surface area contributed by atoms with E-state index in [1.165, 1.54) is 0 Å². The zero-order chi connectivity index (χ0) is 26.9. The Labute approximate surface area is 228 Å². The van der Waals surface area contributed by atoms with Gasteiger partial charge in [0.1, 0.15) is 24.7 Å². The number of hydrogen-bond acceptors (Lipinski definition) is 4. The summed E-state index contributed by atoms with van der Waals surface area (Å²) < 4.78 is 12.2. The summed E-state index contributed by atoms with van der Waals surface area (Å²) in [5.41, 5.74) is 11.5. The number of rotatable bonds is 12. The summed E-state index contributed by atoms with van der Waals surface area (Å²) in [4.78, 5) is 16.0. The molecule has 0 aliphatic carbocycles. The fraction of sp³-hybridized carbons (Fsp3) is 0.182.